The lowest BCUT2D eigenvalue weighted by Crippen LogP contribution is -2.32. The number of hydrogen-bond acceptors (Lipinski definition) is 2. The van der Waals surface area contributed by atoms with Gasteiger partial charge in [-0.1, -0.05) is 48.0 Å². The average molecular weight is 254 g/mol. The van der Waals surface area contributed by atoms with Crippen LogP contribution in [0.15, 0.2) is 54.6 Å². The van der Waals surface area contributed by atoms with Crippen molar-refractivity contribution in [1.29, 1.82) is 0 Å². The van der Waals surface area contributed by atoms with E-state index in [4.69, 9.17) is 5.73 Å². The Labute approximate surface area is 115 Å². The Balaban J connectivity index is 2.08. The van der Waals surface area contributed by atoms with Crippen LogP contribution in [0, 0.1) is 6.92 Å². The quantitative estimate of drug-likeness (QED) is 0.884. The molecule has 0 fully saturated rings. The number of hydrogen-bond donors (Lipinski definition) is 1. The first-order valence-corrected chi connectivity index (χ1v) is 6.83. The number of rotatable bonds is 5. The van der Waals surface area contributed by atoms with E-state index >= 15 is 0 Å². The molecule has 2 rings (SSSR count). The van der Waals surface area contributed by atoms with Crippen molar-refractivity contribution in [3.63, 3.8) is 0 Å². The number of para-hydroxylation sites is 1. The van der Waals surface area contributed by atoms with E-state index in [0.717, 1.165) is 13.1 Å². The molecule has 0 aliphatic heterocycles. The number of aryl methyl sites for hydroxylation is 1. The van der Waals surface area contributed by atoms with Crippen LogP contribution < -0.4 is 10.6 Å². The van der Waals surface area contributed by atoms with Gasteiger partial charge in [0, 0.05) is 24.8 Å². The molecule has 0 spiro atoms. The van der Waals surface area contributed by atoms with Gasteiger partial charge in [-0.15, -0.1) is 0 Å². The molecule has 2 heteroatoms. The minimum Gasteiger partial charge on any atom is -0.370 e. The Morgan fingerprint density at radius 2 is 1.63 bits per heavy atom. The predicted molar refractivity (Wildman–Crippen MR) is 82.4 cm³/mol. The molecule has 0 aliphatic rings. The summed E-state index contributed by atoms with van der Waals surface area (Å²) in [5, 5.41) is 0. The normalized spacial score (nSPS) is 12.2. The highest BCUT2D eigenvalue weighted by atomic mass is 15.1. The van der Waals surface area contributed by atoms with Gasteiger partial charge in [0.2, 0.25) is 0 Å². The smallest absolute Gasteiger partial charge is 0.0473 e. The van der Waals surface area contributed by atoms with Gasteiger partial charge in [0.25, 0.3) is 0 Å². The topological polar surface area (TPSA) is 29.3 Å². The van der Waals surface area contributed by atoms with E-state index in [1.807, 2.05) is 6.07 Å². The third-order valence-corrected chi connectivity index (χ3v) is 3.43. The second-order valence-electron chi connectivity index (χ2n) is 4.89. The van der Waals surface area contributed by atoms with Crippen LogP contribution in [0.3, 0.4) is 0 Å². The Kier molecular flexibility index (Phi) is 4.58. The van der Waals surface area contributed by atoms with Crippen molar-refractivity contribution in [2.45, 2.75) is 19.9 Å². The largest absolute Gasteiger partial charge is 0.370 e. The van der Waals surface area contributed by atoms with Gasteiger partial charge in [-0.3, -0.25) is 0 Å². The maximum Gasteiger partial charge on any atom is 0.0473 e. The lowest BCUT2D eigenvalue weighted by molar-refractivity contribution is 0.677. The first-order chi connectivity index (χ1) is 9.20. The highest BCUT2D eigenvalue weighted by Gasteiger charge is 2.11. The molecular weight excluding hydrogens is 232 g/mol. The summed E-state index contributed by atoms with van der Waals surface area (Å²) in [6.45, 7) is 6.06. The van der Waals surface area contributed by atoms with Gasteiger partial charge in [0.1, 0.15) is 0 Å². The summed E-state index contributed by atoms with van der Waals surface area (Å²) < 4.78 is 0. The van der Waals surface area contributed by atoms with E-state index in [2.05, 4.69) is 67.3 Å². The summed E-state index contributed by atoms with van der Waals surface area (Å²) in [6, 6.07) is 19.0. The van der Waals surface area contributed by atoms with Crippen LogP contribution in [0.1, 0.15) is 24.1 Å². The highest BCUT2D eigenvalue weighted by molar-refractivity contribution is 5.46. The van der Waals surface area contributed by atoms with Gasteiger partial charge in [-0.25, -0.2) is 0 Å². The first kappa shape index (κ1) is 13.6. The number of nitrogens with zero attached hydrogens (tertiary/aromatic N) is 1. The molecule has 0 saturated carbocycles. The molecule has 100 valence electrons. The third-order valence-electron chi connectivity index (χ3n) is 3.43. The molecule has 2 N–H and O–H groups in total. The molecular formula is C17H22N2. The Morgan fingerprint density at radius 3 is 2.21 bits per heavy atom. The summed E-state index contributed by atoms with van der Waals surface area (Å²) in [4.78, 5) is 2.31. The molecule has 0 aromatic heterocycles. The van der Waals surface area contributed by atoms with Crippen LogP contribution in [0.4, 0.5) is 5.69 Å². The fourth-order valence-corrected chi connectivity index (χ4v) is 2.21. The van der Waals surface area contributed by atoms with Crippen LogP contribution in [0.2, 0.25) is 0 Å². The van der Waals surface area contributed by atoms with Crippen molar-refractivity contribution < 1.29 is 0 Å². The fourth-order valence-electron chi connectivity index (χ4n) is 2.21. The van der Waals surface area contributed by atoms with Gasteiger partial charge in [-0.2, -0.15) is 0 Å². The molecule has 0 saturated heterocycles. The van der Waals surface area contributed by atoms with Crippen molar-refractivity contribution in [2.24, 2.45) is 5.73 Å². The molecule has 2 nitrogen and oxygen atoms in total. The Morgan fingerprint density at radius 1 is 1.00 bits per heavy atom. The van der Waals surface area contributed by atoms with Gasteiger partial charge >= 0.3 is 0 Å². The molecule has 0 heterocycles. The Bertz CT molecular complexity index is 490. The maximum absolute atomic E-state index is 6.32. The zero-order valence-corrected chi connectivity index (χ0v) is 11.7. The number of nitrogens with two attached hydrogens (primary N) is 1. The number of likely N-dealkylation sites (N-methyl/N-ethyl adjacent to an activating group) is 1. The van der Waals surface area contributed by atoms with E-state index < -0.39 is 0 Å². The molecule has 2 aromatic rings. The molecule has 0 amide bonds. The minimum absolute atomic E-state index is 0.0424. The summed E-state index contributed by atoms with van der Waals surface area (Å²) in [5.74, 6) is 0. The molecule has 1 unspecified atom stereocenters. The van der Waals surface area contributed by atoms with E-state index in [1.165, 1.54) is 16.8 Å². The van der Waals surface area contributed by atoms with Crippen LogP contribution >= 0.6 is 0 Å². The third kappa shape index (κ3) is 3.58. The van der Waals surface area contributed by atoms with Crippen molar-refractivity contribution in [3.8, 4) is 0 Å². The molecule has 2 aromatic carbocycles. The minimum atomic E-state index is 0.0424. The molecule has 0 bridgehead atoms. The zero-order chi connectivity index (χ0) is 13.7. The summed E-state index contributed by atoms with van der Waals surface area (Å²) in [7, 11) is 0. The van der Waals surface area contributed by atoms with Gasteiger partial charge < -0.3 is 10.6 Å². The van der Waals surface area contributed by atoms with Crippen molar-refractivity contribution >= 4 is 5.69 Å². The van der Waals surface area contributed by atoms with E-state index in [9.17, 15) is 0 Å². The Hall–Kier alpha value is -1.80. The fraction of sp³-hybridized carbons (Fsp3) is 0.294. The lowest BCUT2D eigenvalue weighted by atomic mass is 10.1. The van der Waals surface area contributed by atoms with Gasteiger partial charge in [-0.05, 0) is 31.5 Å². The first-order valence-electron chi connectivity index (χ1n) is 6.83. The van der Waals surface area contributed by atoms with Crippen molar-refractivity contribution in [1.82, 2.24) is 0 Å². The van der Waals surface area contributed by atoms with Gasteiger partial charge in [0.15, 0.2) is 0 Å². The van der Waals surface area contributed by atoms with E-state index in [0.29, 0.717) is 0 Å². The van der Waals surface area contributed by atoms with Crippen LogP contribution in [0.5, 0.6) is 0 Å². The van der Waals surface area contributed by atoms with Crippen molar-refractivity contribution in [2.75, 3.05) is 18.0 Å². The maximum atomic E-state index is 6.32. The molecule has 19 heavy (non-hydrogen) atoms. The second kappa shape index (κ2) is 6.39. The summed E-state index contributed by atoms with van der Waals surface area (Å²) in [5.41, 5.74) is 10.0. The molecule has 1 atom stereocenters. The predicted octanol–water partition coefficient (Wildman–Crippen LogP) is 3.52. The number of anilines is 1. The SMILES string of the molecule is CCN(CC(N)c1ccc(C)cc1)c1ccccc1. The van der Waals surface area contributed by atoms with Crippen LogP contribution in [-0.4, -0.2) is 13.1 Å². The van der Waals surface area contributed by atoms with Crippen LogP contribution in [0.25, 0.3) is 0 Å². The van der Waals surface area contributed by atoms with Crippen LogP contribution in [-0.2, 0) is 0 Å². The summed E-state index contributed by atoms with van der Waals surface area (Å²) in [6.07, 6.45) is 0. The average Bonchev–Trinajstić information content (AvgIpc) is 2.46. The highest BCUT2D eigenvalue weighted by Crippen LogP contribution is 2.18. The second-order valence-corrected chi connectivity index (χ2v) is 4.89. The monoisotopic (exact) mass is 254 g/mol. The number of benzene rings is 2. The summed E-state index contributed by atoms with van der Waals surface area (Å²) >= 11 is 0. The zero-order valence-electron chi connectivity index (χ0n) is 11.7. The van der Waals surface area contributed by atoms with Crippen molar-refractivity contribution in [3.05, 3.63) is 65.7 Å². The van der Waals surface area contributed by atoms with E-state index in [-0.39, 0.29) is 6.04 Å². The molecule has 0 radical (unpaired) electrons. The van der Waals surface area contributed by atoms with E-state index in [1.54, 1.807) is 0 Å². The molecule has 0 aliphatic carbocycles. The lowest BCUT2D eigenvalue weighted by Gasteiger charge is -2.26. The van der Waals surface area contributed by atoms with Gasteiger partial charge in [0.05, 0.1) is 0 Å². The standard InChI is InChI=1S/C17H22N2/c1-3-19(16-7-5-4-6-8-16)13-17(18)15-11-9-14(2)10-12-15/h4-12,17H,3,13,18H2,1-2H3.